The van der Waals surface area contributed by atoms with Crippen molar-refractivity contribution in [2.24, 2.45) is 0 Å². The quantitative estimate of drug-likeness (QED) is 0.521. The molecule has 1 aromatic heterocycles. The maximum Gasteiger partial charge on any atom is 0.311 e. The number of hydrogen-bond acceptors (Lipinski definition) is 4. The van der Waals surface area contributed by atoms with Crippen LogP contribution in [0.3, 0.4) is 0 Å². The van der Waals surface area contributed by atoms with Gasteiger partial charge in [0.15, 0.2) is 23.6 Å². The molecule has 1 heterocycles. The van der Waals surface area contributed by atoms with Crippen molar-refractivity contribution < 1.29 is 31.9 Å². The normalized spacial score (nSPS) is 12.0. The molecule has 3 rings (SSSR count). The van der Waals surface area contributed by atoms with Crippen molar-refractivity contribution in [3.8, 4) is 0 Å². The van der Waals surface area contributed by atoms with Crippen LogP contribution in [-0.4, -0.2) is 18.0 Å². The zero-order valence-corrected chi connectivity index (χ0v) is 15.0. The summed E-state index contributed by atoms with van der Waals surface area (Å²) in [4.78, 5) is 24.2. The largest absolute Gasteiger partial charge is 0.464 e. The number of anilines is 1. The Kier molecular flexibility index (Phi) is 5.39. The number of esters is 1. The molecule has 0 fully saturated rings. The van der Waals surface area contributed by atoms with E-state index in [0.717, 1.165) is 17.0 Å². The van der Waals surface area contributed by atoms with Gasteiger partial charge in [-0.2, -0.15) is 0 Å². The average Bonchev–Trinajstić information content (AvgIpc) is 3.03. The van der Waals surface area contributed by atoms with Crippen molar-refractivity contribution in [1.29, 1.82) is 0 Å². The van der Waals surface area contributed by atoms with Gasteiger partial charge in [0.1, 0.15) is 5.58 Å². The summed E-state index contributed by atoms with van der Waals surface area (Å²) >= 11 is 0. The van der Waals surface area contributed by atoms with Crippen molar-refractivity contribution >= 4 is 28.5 Å². The Hall–Kier alpha value is -3.29. The second-order valence-electron chi connectivity index (χ2n) is 6.28. The standard InChI is InChI=1S/C20H16F3NO4/c1-10-3-4-13-12(9-27-16(13)7-10)8-17(25)28-11(2)20(26)24-15-6-5-14(21)18(22)19(15)23/h3-7,9,11H,8H2,1-2H3,(H,24,26)/t11-/m1/s1. The van der Waals surface area contributed by atoms with Crippen molar-refractivity contribution in [2.45, 2.75) is 26.4 Å². The third-order valence-electron chi connectivity index (χ3n) is 4.12. The molecular formula is C20H16F3NO4. The topological polar surface area (TPSA) is 68.5 Å². The Labute approximate surface area is 158 Å². The van der Waals surface area contributed by atoms with Gasteiger partial charge in [-0.05, 0) is 37.6 Å². The van der Waals surface area contributed by atoms with Gasteiger partial charge in [0.2, 0.25) is 0 Å². The highest BCUT2D eigenvalue weighted by Gasteiger charge is 2.22. The third kappa shape index (κ3) is 4.00. The molecule has 1 atom stereocenters. The lowest BCUT2D eigenvalue weighted by Gasteiger charge is -2.14. The van der Waals surface area contributed by atoms with E-state index in [2.05, 4.69) is 5.32 Å². The first-order valence-corrected chi connectivity index (χ1v) is 8.37. The summed E-state index contributed by atoms with van der Waals surface area (Å²) in [5, 5.41) is 2.82. The lowest BCUT2D eigenvalue weighted by atomic mass is 10.1. The van der Waals surface area contributed by atoms with Gasteiger partial charge >= 0.3 is 5.97 Å². The number of hydrogen-bond donors (Lipinski definition) is 1. The summed E-state index contributed by atoms with van der Waals surface area (Å²) in [6.45, 7) is 3.19. The molecule has 0 aliphatic rings. The van der Waals surface area contributed by atoms with Crippen LogP contribution in [0, 0.1) is 24.4 Å². The summed E-state index contributed by atoms with van der Waals surface area (Å²) in [5.41, 5.74) is 1.68. The number of nitrogens with one attached hydrogen (secondary N) is 1. The molecule has 8 heteroatoms. The number of amides is 1. The maximum absolute atomic E-state index is 13.6. The zero-order valence-electron chi connectivity index (χ0n) is 15.0. The smallest absolute Gasteiger partial charge is 0.311 e. The van der Waals surface area contributed by atoms with Crippen LogP contribution in [0.15, 0.2) is 41.0 Å². The van der Waals surface area contributed by atoms with Gasteiger partial charge in [0.05, 0.1) is 18.4 Å². The minimum atomic E-state index is -1.70. The summed E-state index contributed by atoms with van der Waals surface area (Å²) in [6, 6.07) is 7.07. The fourth-order valence-electron chi connectivity index (χ4n) is 2.63. The number of furan rings is 1. The molecular weight excluding hydrogens is 375 g/mol. The molecule has 0 unspecified atom stereocenters. The third-order valence-corrected chi connectivity index (χ3v) is 4.12. The lowest BCUT2D eigenvalue weighted by Crippen LogP contribution is -2.30. The van der Waals surface area contributed by atoms with Crippen molar-refractivity contribution in [2.75, 3.05) is 5.32 Å². The number of carbonyl (C=O) groups is 2. The fourth-order valence-corrected chi connectivity index (χ4v) is 2.63. The summed E-state index contributed by atoms with van der Waals surface area (Å²) in [7, 11) is 0. The van der Waals surface area contributed by atoms with Crippen LogP contribution in [0.5, 0.6) is 0 Å². The SMILES string of the molecule is Cc1ccc2c(CC(=O)O[C@H](C)C(=O)Nc3ccc(F)c(F)c3F)coc2c1. The van der Waals surface area contributed by atoms with Gasteiger partial charge in [-0.1, -0.05) is 12.1 Å². The van der Waals surface area contributed by atoms with Gasteiger partial charge in [0.25, 0.3) is 5.91 Å². The van der Waals surface area contributed by atoms with E-state index in [1.54, 1.807) is 0 Å². The Morgan fingerprint density at radius 1 is 1.14 bits per heavy atom. The maximum atomic E-state index is 13.6. The van der Waals surface area contributed by atoms with Crippen molar-refractivity contribution in [3.05, 3.63) is 65.2 Å². The number of rotatable bonds is 5. The van der Waals surface area contributed by atoms with Crippen LogP contribution in [0.4, 0.5) is 18.9 Å². The molecule has 0 aliphatic heterocycles. The Morgan fingerprint density at radius 2 is 1.89 bits per heavy atom. The molecule has 0 spiro atoms. The summed E-state index contributed by atoms with van der Waals surface area (Å²) < 4.78 is 50.2. The predicted molar refractivity (Wildman–Crippen MR) is 95.2 cm³/mol. The highest BCUT2D eigenvalue weighted by molar-refractivity contribution is 5.95. The molecule has 5 nitrogen and oxygen atoms in total. The number of fused-ring (bicyclic) bond motifs is 1. The van der Waals surface area contributed by atoms with Crippen LogP contribution in [-0.2, 0) is 20.7 Å². The van der Waals surface area contributed by atoms with Gasteiger partial charge in [0, 0.05) is 10.9 Å². The van der Waals surface area contributed by atoms with E-state index in [1.807, 2.05) is 25.1 Å². The summed E-state index contributed by atoms with van der Waals surface area (Å²) in [6.07, 6.45) is 0.0282. The molecule has 0 radical (unpaired) electrons. The second kappa shape index (κ2) is 7.75. The number of aryl methyl sites for hydroxylation is 1. The minimum Gasteiger partial charge on any atom is -0.464 e. The molecule has 1 N–H and O–H groups in total. The highest BCUT2D eigenvalue weighted by Crippen LogP contribution is 2.23. The molecule has 28 heavy (non-hydrogen) atoms. The van der Waals surface area contributed by atoms with Crippen LogP contribution in [0.25, 0.3) is 11.0 Å². The van der Waals surface area contributed by atoms with E-state index in [4.69, 9.17) is 9.15 Å². The van der Waals surface area contributed by atoms with Gasteiger partial charge in [-0.25, -0.2) is 13.2 Å². The van der Waals surface area contributed by atoms with Crippen LogP contribution < -0.4 is 5.32 Å². The number of ether oxygens (including phenoxy) is 1. The monoisotopic (exact) mass is 391 g/mol. The Morgan fingerprint density at radius 3 is 2.64 bits per heavy atom. The number of benzene rings is 2. The molecule has 0 bridgehead atoms. The lowest BCUT2D eigenvalue weighted by molar-refractivity contribution is -0.152. The molecule has 146 valence electrons. The van der Waals surface area contributed by atoms with Gasteiger partial charge in [-0.15, -0.1) is 0 Å². The Bertz CT molecular complexity index is 1060. The van der Waals surface area contributed by atoms with E-state index in [0.29, 0.717) is 17.2 Å². The average molecular weight is 391 g/mol. The number of carbonyl (C=O) groups excluding carboxylic acids is 2. The first-order valence-electron chi connectivity index (χ1n) is 8.37. The van der Waals surface area contributed by atoms with Gasteiger partial charge in [-0.3, -0.25) is 9.59 Å². The molecule has 2 aromatic carbocycles. The first-order chi connectivity index (χ1) is 13.3. The van der Waals surface area contributed by atoms with Gasteiger partial charge < -0.3 is 14.5 Å². The second-order valence-corrected chi connectivity index (χ2v) is 6.28. The fraction of sp³-hybridized carbons (Fsp3) is 0.200. The van der Waals surface area contributed by atoms with E-state index in [9.17, 15) is 22.8 Å². The van der Waals surface area contributed by atoms with Crippen molar-refractivity contribution in [3.63, 3.8) is 0 Å². The van der Waals surface area contributed by atoms with Crippen LogP contribution >= 0.6 is 0 Å². The predicted octanol–water partition coefficient (Wildman–Crippen LogP) is 4.27. The molecule has 1 amide bonds. The van der Waals surface area contributed by atoms with Crippen molar-refractivity contribution in [1.82, 2.24) is 0 Å². The van der Waals surface area contributed by atoms with E-state index < -0.39 is 41.1 Å². The van der Waals surface area contributed by atoms with E-state index in [-0.39, 0.29) is 6.42 Å². The van der Waals surface area contributed by atoms with Crippen LogP contribution in [0.2, 0.25) is 0 Å². The molecule has 3 aromatic rings. The first kappa shape index (κ1) is 19.5. The number of halogens is 3. The van der Waals surface area contributed by atoms with E-state index >= 15 is 0 Å². The molecule has 0 saturated carbocycles. The highest BCUT2D eigenvalue weighted by atomic mass is 19.2. The minimum absolute atomic E-state index is 0.132. The molecule has 0 aliphatic carbocycles. The zero-order chi connectivity index (χ0) is 20.4. The molecule has 0 saturated heterocycles. The Balaban J connectivity index is 1.63. The van der Waals surface area contributed by atoms with E-state index in [1.165, 1.54) is 13.2 Å². The van der Waals surface area contributed by atoms with Crippen LogP contribution in [0.1, 0.15) is 18.1 Å². The summed E-state index contributed by atoms with van der Waals surface area (Å²) in [5.74, 6) is -6.20.